The molecule has 3 nitrogen and oxygen atoms in total. The maximum atomic E-state index is 4.15. The van der Waals surface area contributed by atoms with Crippen LogP contribution in [0.3, 0.4) is 0 Å². The number of rotatable bonds is 6. The van der Waals surface area contributed by atoms with Gasteiger partial charge in [-0.05, 0) is 31.7 Å². The van der Waals surface area contributed by atoms with Crippen molar-refractivity contribution in [2.24, 2.45) is 11.8 Å². The lowest BCUT2D eigenvalue weighted by Crippen LogP contribution is -2.29. The molecule has 1 aromatic heterocycles. The van der Waals surface area contributed by atoms with E-state index in [0.717, 1.165) is 11.8 Å². The highest BCUT2D eigenvalue weighted by atomic mass is 14.9. The molecule has 1 fully saturated rings. The normalized spacial score (nSPS) is 25.2. The van der Waals surface area contributed by atoms with Gasteiger partial charge in [-0.1, -0.05) is 39.0 Å². The van der Waals surface area contributed by atoms with Crippen molar-refractivity contribution in [3.05, 3.63) is 24.3 Å². The highest BCUT2D eigenvalue weighted by Crippen LogP contribution is 2.38. The summed E-state index contributed by atoms with van der Waals surface area (Å²) in [5, 5.41) is 3.47. The number of hydrogen-bond donors (Lipinski definition) is 1. The fourth-order valence-corrected chi connectivity index (χ4v) is 3.45. The minimum Gasteiger partial charge on any atom is -0.313 e. The van der Waals surface area contributed by atoms with Gasteiger partial charge in [0.1, 0.15) is 6.33 Å². The molecule has 1 heterocycles. The second kappa shape index (κ2) is 7.59. The minimum absolute atomic E-state index is 0.424. The predicted molar refractivity (Wildman–Crippen MR) is 78.8 cm³/mol. The molecule has 1 aliphatic rings. The van der Waals surface area contributed by atoms with Crippen molar-refractivity contribution in [1.29, 1.82) is 0 Å². The topological polar surface area (TPSA) is 37.8 Å². The van der Waals surface area contributed by atoms with Crippen LogP contribution in [0.1, 0.15) is 63.5 Å². The second-order valence-corrected chi connectivity index (χ2v) is 5.86. The lowest BCUT2D eigenvalue weighted by molar-refractivity contribution is 0.217. The van der Waals surface area contributed by atoms with Gasteiger partial charge in [0.15, 0.2) is 0 Å². The fraction of sp³-hybridized carbons (Fsp3) is 0.750. The minimum atomic E-state index is 0.424. The highest BCUT2D eigenvalue weighted by Gasteiger charge is 2.27. The summed E-state index contributed by atoms with van der Waals surface area (Å²) in [6, 6.07) is 0.424. The van der Waals surface area contributed by atoms with Gasteiger partial charge in [0.25, 0.3) is 0 Å². The Morgan fingerprint density at radius 3 is 2.47 bits per heavy atom. The van der Waals surface area contributed by atoms with Gasteiger partial charge < -0.3 is 5.32 Å². The van der Waals surface area contributed by atoms with Gasteiger partial charge in [0.05, 0.1) is 0 Å². The van der Waals surface area contributed by atoms with E-state index in [1.807, 2.05) is 12.4 Å². The van der Waals surface area contributed by atoms with Crippen LogP contribution < -0.4 is 5.32 Å². The monoisotopic (exact) mass is 261 g/mol. The molecule has 0 bridgehead atoms. The molecule has 0 saturated heterocycles. The molecule has 19 heavy (non-hydrogen) atoms. The Morgan fingerprint density at radius 2 is 1.89 bits per heavy atom. The average molecular weight is 261 g/mol. The van der Waals surface area contributed by atoms with E-state index >= 15 is 0 Å². The standard InChI is InChI=1S/C16H27N3/c1-3-4-5-13-6-8-14(9-7-13)16(17-2)15-10-18-12-19-11-15/h10-14,16-17H,3-9H2,1-2H3. The Hall–Kier alpha value is -0.960. The van der Waals surface area contributed by atoms with E-state index in [-0.39, 0.29) is 0 Å². The van der Waals surface area contributed by atoms with Gasteiger partial charge in [-0.15, -0.1) is 0 Å². The Morgan fingerprint density at radius 1 is 1.21 bits per heavy atom. The average Bonchev–Trinajstić information content (AvgIpc) is 2.48. The zero-order chi connectivity index (χ0) is 13.5. The number of aromatic nitrogens is 2. The fourth-order valence-electron chi connectivity index (χ4n) is 3.45. The molecular weight excluding hydrogens is 234 g/mol. The van der Waals surface area contributed by atoms with E-state index in [4.69, 9.17) is 0 Å². The third kappa shape index (κ3) is 4.00. The van der Waals surface area contributed by atoms with E-state index in [2.05, 4.69) is 29.3 Å². The molecule has 3 heteroatoms. The summed E-state index contributed by atoms with van der Waals surface area (Å²) in [4.78, 5) is 8.31. The van der Waals surface area contributed by atoms with Crippen LogP contribution in [0.2, 0.25) is 0 Å². The number of hydrogen-bond acceptors (Lipinski definition) is 3. The van der Waals surface area contributed by atoms with E-state index in [1.54, 1.807) is 6.33 Å². The van der Waals surface area contributed by atoms with E-state index in [9.17, 15) is 0 Å². The van der Waals surface area contributed by atoms with Crippen LogP contribution in [0, 0.1) is 11.8 Å². The molecule has 0 amide bonds. The molecule has 1 atom stereocenters. The van der Waals surface area contributed by atoms with Gasteiger partial charge >= 0.3 is 0 Å². The molecule has 1 aromatic rings. The van der Waals surface area contributed by atoms with Crippen molar-refractivity contribution in [2.75, 3.05) is 7.05 Å². The van der Waals surface area contributed by atoms with E-state index in [1.165, 1.54) is 50.5 Å². The molecule has 1 saturated carbocycles. The molecule has 0 aromatic carbocycles. The van der Waals surface area contributed by atoms with Gasteiger partial charge in [-0.25, -0.2) is 9.97 Å². The van der Waals surface area contributed by atoms with Crippen molar-refractivity contribution in [1.82, 2.24) is 15.3 Å². The van der Waals surface area contributed by atoms with Crippen LogP contribution in [0.4, 0.5) is 0 Å². The molecule has 1 N–H and O–H groups in total. The predicted octanol–water partition coefficient (Wildman–Crippen LogP) is 3.73. The summed E-state index contributed by atoms with van der Waals surface area (Å²) in [7, 11) is 2.06. The Kier molecular flexibility index (Phi) is 5.77. The number of nitrogens with zero attached hydrogens (tertiary/aromatic N) is 2. The van der Waals surface area contributed by atoms with Crippen LogP contribution in [-0.2, 0) is 0 Å². The maximum Gasteiger partial charge on any atom is 0.115 e. The third-order valence-electron chi connectivity index (χ3n) is 4.58. The van der Waals surface area contributed by atoms with Crippen LogP contribution in [0.5, 0.6) is 0 Å². The highest BCUT2D eigenvalue weighted by molar-refractivity contribution is 5.10. The number of unbranched alkanes of at least 4 members (excludes halogenated alkanes) is 1. The Bertz CT molecular complexity index is 344. The van der Waals surface area contributed by atoms with Crippen molar-refractivity contribution in [3.63, 3.8) is 0 Å². The molecule has 106 valence electrons. The lowest BCUT2D eigenvalue weighted by Gasteiger charge is -2.33. The van der Waals surface area contributed by atoms with Gasteiger partial charge in [-0.3, -0.25) is 0 Å². The zero-order valence-electron chi connectivity index (χ0n) is 12.3. The molecule has 2 rings (SSSR count). The first-order chi connectivity index (χ1) is 9.35. The largest absolute Gasteiger partial charge is 0.313 e. The van der Waals surface area contributed by atoms with E-state index in [0.29, 0.717) is 6.04 Å². The zero-order valence-corrected chi connectivity index (χ0v) is 12.3. The SMILES string of the molecule is CCCCC1CCC(C(NC)c2cncnc2)CC1. The first-order valence-corrected chi connectivity index (χ1v) is 7.77. The van der Waals surface area contributed by atoms with E-state index < -0.39 is 0 Å². The first-order valence-electron chi connectivity index (χ1n) is 7.77. The van der Waals surface area contributed by atoms with Crippen molar-refractivity contribution >= 4 is 0 Å². The van der Waals surface area contributed by atoms with Gasteiger partial charge in [0.2, 0.25) is 0 Å². The maximum absolute atomic E-state index is 4.15. The van der Waals surface area contributed by atoms with Gasteiger partial charge in [0, 0.05) is 24.0 Å². The summed E-state index contributed by atoms with van der Waals surface area (Å²) in [6.07, 6.45) is 15.2. The molecule has 0 radical (unpaired) electrons. The van der Waals surface area contributed by atoms with Crippen LogP contribution in [0.15, 0.2) is 18.7 Å². The van der Waals surface area contributed by atoms with Crippen molar-refractivity contribution in [3.8, 4) is 0 Å². The Labute approximate surface area is 117 Å². The van der Waals surface area contributed by atoms with Crippen molar-refractivity contribution in [2.45, 2.75) is 57.9 Å². The lowest BCUT2D eigenvalue weighted by atomic mass is 9.75. The summed E-state index contributed by atoms with van der Waals surface area (Å²) < 4.78 is 0. The van der Waals surface area contributed by atoms with Crippen LogP contribution in [-0.4, -0.2) is 17.0 Å². The molecule has 1 aliphatic carbocycles. The first kappa shape index (κ1) is 14.4. The van der Waals surface area contributed by atoms with Crippen LogP contribution in [0.25, 0.3) is 0 Å². The quantitative estimate of drug-likeness (QED) is 0.848. The van der Waals surface area contributed by atoms with Gasteiger partial charge in [-0.2, -0.15) is 0 Å². The smallest absolute Gasteiger partial charge is 0.115 e. The Balaban J connectivity index is 1.89. The summed E-state index contributed by atoms with van der Waals surface area (Å²) in [6.45, 7) is 2.29. The second-order valence-electron chi connectivity index (χ2n) is 5.86. The molecule has 0 spiro atoms. The molecular formula is C16H27N3. The molecule has 1 unspecified atom stereocenters. The molecule has 0 aliphatic heterocycles. The third-order valence-corrected chi connectivity index (χ3v) is 4.58. The van der Waals surface area contributed by atoms with Crippen molar-refractivity contribution < 1.29 is 0 Å². The summed E-state index contributed by atoms with van der Waals surface area (Å²) >= 11 is 0. The number of nitrogens with one attached hydrogen (secondary N) is 1. The summed E-state index contributed by atoms with van der Waals surface area (Å²) in [5.41, 5.74) is 1.24. The summed E-state index contributed by atoms with van der Waals surface area (Å²) in [5.74, 6) is 1.72. The van der Waals surface area contributed by atoms with Crippen LogP contribution >= 0.6 is 0 Å².